The standard InChI is InChI=1S/C11H10N6O/c12-11-15-9(16-17-11)10(18)14-7-1-2-8-6(5-7)3-4-13-8/h1-5,13H,(H,14,18)(H3,12,15,16,17). The summed E-state index contributed by atoms with van der Waals surface area (Å²) in [5, 5.41) is 9.78. The van der Waals surface area contributed by atoms with Gasteiger partial charge in [-0.05, 0) is 24.3 Å². The molecule has 5 N–H and O–H groups in total. The maximum Gasteiger partial charge on any atom is 0.293 e. The molecule has 0 aliphatic heterocycles. The van der Waals surface area contributed by atoms with Gasteiger partial charge in [0.2, 0.25) is 11.8 Å². The molecule has 0 fully saturated rings. The van der Waals surface area contributed by atoms with Gasteiger partial charge in [-0.1, -0.05) is 0 Å². The van der Waals surface area contributed by atoms with Gasteiger partial charge < -0.3 is 16.0 Å². The van der Waals surface area contributed by atoms with Crippen LogP contribution in [0.1, 0.15) is 10.6 Å². The van der Waals surface area contributed by atoms with Crippen molar-refractivity contribution in [1.29, 1.82) is 0 Å². The molecule has 7 heteroatoms. The Morgan fingerprint density at radius 2 is 2.22 bits per heavy atom. The molecule has 2 aromatic heterocycles. The smallest absolute Gasteiger partial charge is 0.293 e. The van der Waals surface area contributed by atoms with Crippen LogP contribution < -0.4 is 11.1 Å². The highest BCUT2D eigenvalue weighted by Crippen LogP contribution is 2.18. The van der Waals surface area contributed by atoms with Crippen LogP contribution in [0.2, 0.25) is 0 Å². The molecule has 0 aliphatic rings. The summed E-state index contributed by atoms with van der Waals surface area (Å²) < 4.78 is 0. The normalized spacial score (nSPS) is 10.7. The molecule has 2 heterocycles. The van der Waals surface area contributed by atoms with Gasteiger partial charge in [0.15, 0.2) is 0 Å². The number of nitrogens with one attached hydrogen (secondary N) is 3. The van der Waals surface area contributed by atoms with Crippen LogP contribution in [-0.4, -0.2) is 26.1 Å². The van der Waals surface area contributed by atoms with Gasteiger partial charge in [0, 0.05) is 22.8 Å². The van der Waals surface area contributed by atoms with Crippen LogP contribution in [-0.2, 0) is 0 Å². The lowest BCUT2D eigenvalue weighted by Crippen LogP contribution is -2.13. The summed E-state index contributed by atoms with van der Waals surface area (Å²) in [5.41, 5.74) is 7.03. The molecule has 3 aromatic rings. The Morgan fingerprint density at radius 1 is 1.33 bits per heavy atom. The molecule has 0 unspecified atom stereocenters. The Hall–Kier alpha value is -2.83. The van der Waals surface area contributed by atoms with Gasteiger partial charge in [0.05, 0.1) is 0 Å². The number of fused-ring (bicyclic) bond motifs is 1. The van der Waals surface area contributed by atoms with E-state index in [4.69, 9.17) is 5.73 Å². The van der Waals surface area contributed by atoms with Crippen molar-refractivity contribution in [2.24, 2.45) is 0 Å². The van der Waals surface area contributed by atoms with Crippen molar-refractivity contribution in [3.63, 3.8) is 0 Å². The molecule has 7 nitrogen and oxygen atoms in total. The van der Waals surface area contributed by atoms with E-state index in [9.17, 15) is 4.79 Å². The quantitative estimate of drug-likeness (QED) is 0.539. The number of rotatable bonds is 2. The molecular formula is C11H10N6O. The maximum atomic E-state index is 11.8. The fourth-order valence-corrected chi connectivity index (χ4v) is 1.70. The van der Waals surface area contributed by atoms with E-state index in [0.29, 0.717) is 5.69 Å². The summed E-state index contributed by atoms with van der Waals surface area (Å²) in [5.74, 6) is -0.253. The third kappa shape index (κ3) is 1.77. The van der Waals surface area contributed by atoms with E-state index < -0.39 is 0 Å². The van der Waals surface area contributed by atoms with Crippen molar-refractivity contribution in [3.05, 3.63) is 36.3 Å². The minimum atomic E-state index is -0.380. The minimum absolute atomic E-state index is 0.0428. The van der Waals surface area contributed by atoms with Crippen LogP contribution in [0.3, 0.4) is 0 Å². The summed E-state index contributed by atoms with van der Waals surface area (Å²) in [4.78, 5) is 18.6. The zero-order valence-electron chi connectivity index (χ0n) is 9.27. The van der Waals surface area contributed by atoms with Gasteiger partial charge in [0.1, 0.15) is 0 Å². The van der Waals surface area contributed by atoms with Crippen molar-refractivity contribution in [2.75, 3.05) is 11.1 Å². The Kier molecular flexibility index (Phi) is 2.23. The summed E-state index contributed by atoms with van der Waals surface area (Å²) in [6, 6.07) is 7.48. The predicted octanol–water partition coefficient (Wildman–Crippen LogP) is 1.12. The largest absolute Gasteiger partial charge is 0.366 e. The van der Waals surface area contributed by atoms with Crippen molar-refractivity contribution in [2.45, 2.75) is 0 Å². The molecule has 90 valence electrons. The molecule has 1 aromatic carbocycles. The molecule has 1 amide bonds. The number of nitrogen functional groups attached to an aromatic ring is 1. The van der Waals surface area contributed by atoms with Gasteiger partial charge in [-0.3, -0.25) is 9.89 Å². The maximum absolute atomic E-state index is 11.8. The third-order valence-corrected chi connectivity index (χ3v) is 2.53. The van der Waals surface area contributed by atoms with E-state index in [2.05, 4.69) is 25.5 Å². The van der Waals surface area contributed by atoms with Crippen LogP contribution in [0.5, 0.6) is 0 Å². The lowest BCUT2D eigenvalue weighted by Gasteiger charge is -2.02. The highest BCUT2D eigenvalue weighted by Gasteiger charge is 2.10. The number of hydrogen-bond donors (Lipinski definition) is 4. The van der Waals surface area contributed by atoms with E-state index in [-0.39, 0.29) is 17.7 Å². The number of carbonyl (C=O) groups excluding carboxylic acids is 1. The van der Waals surface area contributed by atoms with E-state index >= 15 is 0 Å². The van der Waals surface area contributed by atoms with Crippen LogP contribution in [0.25, 0.3) is 10.9 Å². The molecule has 0 bridgehead atoms. The minimum Gasteiger partial charge on any atom is -0.366 e. The molecule has 0 saturated carbocycles. The first-order valence-electron chi connectivity index (χ1n) is 5.29. The number of carbonyl (C=O) groups is 1. The van der Waals surface area contributed by atoms with Gasteiger partial charge >= 0.3 is 0 Å². The number of H-pyrrole nitrogens is 2. The third-order valence-electron chi connectivity index (χ3n) is 2.53. The Balaban J connectivity index is 1.85. The van der Waals surface area contributed by atoms with Crippen LogP contribution in [0.4, 0.5) is 11.6 Å². The molecule has 3 rings (SSSR count). The second kappa shape index (κ2) is 3.88. The number of nitrogens with two attached hydrogens (primary N) is 1. The average Bonchev–Trinajstić information content (AvgIpc) is 2.96. The number of amides is 1. The summed E-state index contributed by atoms with van der Waals surface area (Å²) >= 11 is 0. The number of aromatic nitrogens is 4. The van der Waals surface area contributed by atoms with Gasteiger partial charge in [-0.2, -0.15) is 4.98 Å². The lowest BCUT2D eigenvalue weighted by atomic mass is 10.2. The Morgan fingerprint density at radius 3 is 3.00 bits per heavy atom. The molecule has 0 spiro atoms. The van der Waals surface area contributed by atoms with Crippen molar-refractivity contribution in [3.8, 4) is 0 Å². The molecule has 0 aliphatic carbocycles. The van der Waals surface area contributed by atoms with Crippen molar-refractivity contribution >= 4 is 28.4 Å². The summed E-state index contributed by atoms with van der Waals surface area (Å²) in [7, 11) is 0. The Bertz CT molecular complexity index is 713. The number of anilines is 2. The first-order valence-corrected chi connectivity index (χ1v) is 5.29. The monoisotopic (exact) mass is 242 g/mol. The van der Waals surface area contributed by atoms with E-state index in [0.717, 1.165) is 10.9 Å². The first-order chi connectivity index (χ1) is 8.72. The highest BCUT2D eigenvalue weighted by atomic mass is 16.2. The van der Waals surface area contributed by atoms with Crippen LogP contribution in [0.15, 0.2) is 30.5 Å². The van der Waals surface area contributed by atoms with E-state index in [1.54, 1.807) is 6.07 Å². The molecule has 18 heavy (non-hydrogen) atoms. The topological polar surface area (TPSA) is 112 Å². The van der Waals surface area contributed by atoms with Gasteiger partial charge in [0.25, 0.3) is 5.91 Å². The Labute approximate surface area is 101 Å². The summed E-state index contributed by atoms with van der Waals surface area (Å²) in [6.07, 6.45) is 1.84. The zero-order valence-corrected chi connectivity index (χ0v) is 9.27. The number of aromatic amines is 2. The van der Waals surface area contributed by atoms with Crippen molar-refractivity contribution in [1.82, 2.24) is 20.2 Å². The molecule has 0 atom stereocenters. The fourth-order valence-electron chi connectivity index (χ4n) is 1.70. The SMILES string of the molecule is Nc1n[nH]c(C(=O)Nc2ccc3[nH]ccc3c2)n1. The second-order valence-corrected chi connectivity index (χ2v) is 3.78. The number of benzene rings is 1. The molecule has 0 radical (unpaired) electrons. The molecular weight excluding hydrogens is 232 g/mol. The van der Waals surface area contributed by atoms with Crippen LogP contribution >= 0.6 is 0 Å². The zero-order chi connectivity index (χ0) is 12.5. The van der Waals surface area contributed by atoms with Gasteiger partial charge in [-0.25, -0.2) is 0 Å². The second-order valence-electron chi connectivity index (χ2n) is 3.78. The fraction of sp³-hybridized carbons (Fsp3) is 0. The first kappa shape index (κ1) is 10.3. The van der Waals surface area contributed by atoms with Gasteiger partial charge in [-0.15, -0.1) is 5.10 Å². The predicted molar refractivity (Wildman–Crippen MR) is 67.0 cm³/mol. The van der Waals surface area contributed by atoms with Crippen LogP contribution in [0, 0.1) is 0 Å². The van der Waals surface area contributed by atoms with Crippen molar-refractivity contribution < 1.29 is 4.79 Å². The molecule has 0 saturated heterocycles. The highest BCUT2D eigenvalue weighted by molar-refractivity contribution is 6.02. The number of nitrogens with zero attached hydrogens (tertiary/aromatic N) is 2. The summed E-state index contributed by atoms with van der Waals surface area (Å²) in [6.45, 7) is 0. The average molecular weight is 242 g/mol. The lowest BCUT2D eigenvalue weighted by molar-refractivity contribution is 0.101. The number of hydrogen-bond acceptors (Lipinski definition) is 4. The van der Waals surface area contributed by atoms with E-state index in [1.165, 1.54) is 0 Å². The van der Waals surface area contributed by atoms with E-state index in [1.807, 2.05) is 24.4 Å².